The number of methoxy groups -OCH3 is 2. The van der Waals surface area contributed by atoms with Crippen molar-refractivity contribution in [1.29, 1.82) is 0 Å². The highest BCUT2D eigenvalue weighted by molar-refractivity contribution is 5.32. The molecular formula is C12H20O2. The van der Waals surface area contributed by atoms with E-state index in [9.17, 15) is 0 Å². The molecule has 0 aromatic rings. The minimum absolute atomic E-state index is 0.178. The molecule has 0 N–H and O–H groups in total. The standard InChI is InChI=1S/C12H20O2/c1-11(2)8-6-7-12(11,3)10(14-5)9(8)13-4/h8H,6-7H2,1-5H3. The van der Waals surface area contributed by atoms with Gasteiger partial charge in [-0.1, -0.05) is 20.8 Å². The number of hydrogen-bond acceptors (Lipinski definition) is 2. The summed E-state index contributed by atoms with van der Waals surface area (Å²) in [5, 5.41) is 0. The molecular weight excluding hydrogens is 176 g/mol. The molecule has 2 nitrogen and oxygen atoms in total. The molecule has 1 saturated carbocycles. The molecule has 0 aromatic heterocycles. The van der Waals surface area contributed by atoms with Gasteiger partial charge in [0.1, 0.15) is 11.5 Å². The molecule has 2 unspecified atom stereocenters. The van der Waals surface area contributed by atoms with Gasteiger partial charge in [0.25, 0.3) is 0 Å². The molecule has 0 radical (unpaired) electrons. The summed E-state index contributed by atoms with van der Waals surface area (Å²) >= 11 is 0. The van der Waals surface area contributed by atoms with E-state index >= 15 is 0 Å². The van der Waals surface area contributed by atoms with Crippen molar-refractivity contribution in [3.8, 4) is 0 Å². The fraction of sp³-hybridized carbons (Fsp3) is 0.833. The highest BCUT2D eigenvalue weighted by Crippen LogP contribution is 2.67. The zero-order valence-electron chi connectivity index (χ0n) is 9.81. The molecule has 2 heteroatoms. The number of rotatable bonds is 2. The quantitative estimate of drug-likeness (QED) is 0.676. The molecule has 0 amide bonds. The molecule has 2 atom stereocenters. The Labute approximate surface area is 86.3 Å². The molecule has 0 spiro atoms. The zero-order valence-corrected chi connectivity index (χ0v) is 9.81. The zero-order chi connectivity index (χ0) is 10.6. The first-order valence-electron chi connectivity index (χ1n) is 5.31. The summed E-state index contributed by atoms with van der Waals surface area (Å²) < 4.78 is 11.0. The second-order valence-corrected chi connectivity index (χ2v) is 5.25. The lowest BCUT2D eigenvalue weighted by Crippen LogP contribution is -2.30. The van der Waals surface area contributed by atoms with E-state index in [1.165, 1.54) is 12.8 Å². The van der Waals surface area contributed by atoms with E-state index in [1.807, 2.05) is 0 Å². The highest BCUT2D eigenvalue weighted by atomic mass is 16.5. The first kappa shape index (κ1) is 9.88. The number of ether oxygens (including phenoxy) is 2. The Morgan fingerprint density at radius 1 is 1.14 bits per heavy atom. The number of fused-ring (bicyclic) bond motifs is 2. The molecule has 0 aliphatic heterocycles. The van der Waals surface area contributed by atoms with E-state index in [0.29, 0.717) is 5.92 Å². The lowest BCUT2D eigenvalue weighted by molar-refractivity contribution is 0.102. The highest BCUT2D eigenvalue weighted by Gasteiger charge is 2.62. The van der Waals surface area contributed by atoms with Crippen molar-refractivity contribution in [2.24, 2.45) is 16.7 Å². The van der Waals surface area contributed by atoms with Crippen LogP contribution in [0.25, 0.3) is 0 Å². The van der Waals surface area contributed by atoms with Gasteiger partial charge in [-0.3, -0.25) is 0 Å². The van der Waals surface area contributed by atoms with Crippen LogP contribution in [0.5, 0.6) is 0 Å². The Morgan fingerprint density at radius 3 is 2.21 bits per heavy atom. The minimum atomic E-state index is 0.178. The predicted molar refractivity (Wildman–Crippen MR) is 55.7 cm³/mol. The van der Waals surface area contributed by atoms with E-state index in [1.54, 1.807) is 14.2 Å². The average Bonchev–Trinajstić information content (AvgIpc) is 2.46. The first-order valence-corrected chi connectivity index (χ1v) is 5.31. The van der Waals surface area contributed by atoms with Crippen LogP contribution in [-0.4, -0.2) is 14.2 Å². The van der Waals surface area contributed by atoms with Crippen molar-refractivity contribution in [1.82, 2.24) is 0 Å². The molecule has 2 rings (SSSR count). The maximum atomic E-state index is 5.54. The van der Waals surface area contributed by atoms with Gasteiger partial charge in [0.2, 0.25) is 0 Å². The second-order valence-electron chi connectivity index (χ2n) is 5.25. The van der Waals surface area contributed by atoms with Gasteiger partial charge in [-0.05, 0) is 18.3 Å². The van der Waals surface area contributed by atoms with Crippen LogP contribution in [0.15, 0.2) is 11.5 Å². The van der Waals surface area contributed by atoms with Crippen LogP contribution in [0.1, 0.15) is 33.6 Å². The van der Waals surface area contributed by atoms with Crippen molar-refractivity contribution < 1.29 is 9.47 Å². The van der Waals surface area contributed by atoms with E-state index in [-0.39, 0.29) is 10.8 Å². The van der Waals surface area contributed by atoms with Crippen LogP contribution < -0.4 is 0 Å². The molecule has 0 aromatic carbocycles. The summed E-state index contributed by atoms with van der Waals surface area (Å²) in [6.07, 6.45) is 2.46. The Balaban J connectivity index is 2.52. The van der Waals surface area contributed by atoms with Crippen LogP contribution in [0.4, 0.5) is 0 Å². The van der Waals surface area contributed by atoms with Gasteiger partial charge in [0.15, 0.2) is 0 Å². The monoisotopic (exact) mass is 196 g/mol. The second kappa shape index (κ2) is 2.68. The summed E-state index contributed by atoms with van der Waals surface area (Å²) in [5.74, 6) is 2.72. The minimum Gasteiger partial charge on any atom is -0.497 e. The van der Waals surface area contributed by atoms with Crippen molar-refractivity contribution >= 4 is 0 Å². The summed E-state index contributed by atoms with van der Waals surface area (Å²) in [6, 6.07) is 0. The molecule has 2 aliphatic carbocycles. The third-order valence-corrected chi connectivity index (χ3v) is 4.69. The molecule has 2 aliphatic rings. The fourth-order valence-electron chi connectivity index (χ4n) is 3.36. The van der Waals surface area contributed by atoms with Gasteiger partial charge in [-0.15, -0.1) is 0 Å². The van der Waals surface area contributed by atoms with E-state index in [2.05, 4.69) is 20.8 Å². The molecule has 80 valence electrons. The molecule has 2 bridgehead atoms. The average molecular weight is 196 g/mol. The van der Waals surface area contributed by atoms with Crippen molar-refractivity contribution in [3.05, 3.63) is 11.5 Å². The van der Waals surface area contributed by atoms with Gasteiger partial charge < -0.3 is 9.47 Å². The Morgan fingerprint density at radius 2 is 1.79 bits per heavy atom. The third-order valence-electron chi connectivity index (χ3n) is 4.69. The van der Waals surface area contributed by atoms with Crippen molar-refractivity contribution in [2.75, 3.05) is 14.2 Å². The lowest BCUT2D eigenvalue weighted by Gasteiger charge is -2.35. The van der Waals surface area contributed by atoms with Gasteiger partial charge in [-0.25, -0.2) is 0 Å². The number of allylic oxidation sites excluding steroid dienone is 2. The van der Waals surface area contributed by atoms with Crippen molar-refractivity contribution in [3.63, 3.8) is 0 Å². The third kappa shape index (κ3) is 0.825. The Hall–Kier alpha value is -0.660. The van der Waals surface area contributed by atoms with Crippen LogP contribution in [0.3, 0.4) is 0 Å². The van der Waals surface area contributed by atoms with Crippen LogP contribution in [-0.2, 0) is 9.47 Å². The summed E-state index contributed by atoms with van der Waals surface area (Å²) in [7, 11) is 3.52. The first-order chi connectivity index (χ1) is 6.49. The van der Waals surface area contributed by atoms with Crippen LogP contribution >= 0.6 is 0 Å². The Bertz CT molecular complexity index is 291. The van der Waals surface area contributed by atoms with Gasteiger partial charge in [0.05, 0.1) is 14.2 Å². The summed E-state index contributed by atoms with van der Waals surface area (Å²) in [6.45, 7) is 6.96. The SMILES string of the molecule is COC1=C(OC)C2(C)CCC1C2(C)C. The smallest absolute Gasteiger partial charge is 0.140 e. The summed E-state index contributed by atoms with van der Waals surface area (Å²) in [4.78, 5) is 0. The van der Waals surface area contributed by atoms with Crippen LogP contribution in [0, 0.1) is 16.7 Å². The Kier molecular flexibility index (Phi) is 1.89. The van der Waals surface area contributed by atoms with E-state index in [0.717, 1.165) is 11.5 Å². The topological polar surface area (TPSA) is 18.5 Å². The van der Waals surface area contributed by atoms with Gasteiger partial charge in [0, 0.05) is 11.3 Å². The summed E-state index contributed by atoms with van der Waals surface area (Å²) in [5.41, 5.74) is 0.460. The molecule has 1 fully saturated rings. The van der Waals surface area contributed by atoms with Crippen LogP contribution in [0.2, 0.25) is 0 Å². The molecule has 14 heavy (non-hydrogen) atoms. The number of hydrogen-bond donors (Lipinski definition) is 0. The van der Waals surface area contributed by atoms with E-state index < -0.39 is 0 Å². The lowest BCUT2D eigenvalue weighted by atomic mass is 9.70. The largest absolute Gasteiger partial charge is 0.497 e. The van der Waals surface area contributed by atoms with Gasteiger partial charge >= 0.3 is 0 Å². The maximum Gasteiger partial charge on any atom is 0.140 e. The van der Waals surface area contributed by atoms with Crippen molar-refractivity contribution in [2.45, 2.75) is 33.6 Å². The molecule has 0 saturated heterocycles. The normalized spacial score (nSPS) is 39.1. The molecule has 0 heterocycles. The van der Waals surface area contributed by atoms with Gasteiger partial charge in [-0.2, -0.15) is 0 Å². The maximum absolute atomic E-state index is 5.54. The predicted octanol–water partition coefficient (Wildman–Crippen LogP) is 2.95. The fourth-order valence-corrected chi connectivity index (χ4v) is 3.36. The van der Waals surface area contributed by atoms with E-state index in [4.69, 9.17) is 9.47 Å².